The standard InChI is InChI=1S/C46H54N4O7/c1-6-50-40-20-19-35(34-17-10-15-32(23-34)24-39(44(52)53)49-45(54)56-29-31-13-8-7-9-14-31)26-37(40)38(43(50)36-18-12-22-48-42(36)30(2)55-5)27-46(3,4)57-41(51)25-33-16-11-21-47-28-33/h7-10,12-15,17-20,22-23,26,30,33,39,47H,6,11,16,21,24-25,27-29H2,1-5H3,(H,49,54)(H,52,53)/t30-,33+,39-/m0/s1. The summed E-state index contributed by atoms with van der Waals surface area (Å²) in [5.41, 5.74) is 7.37. The van der Waals surface area contributed by atoms with Crippen LogP contribution < -0.4 is 10.6 Å². The molecule has 1 saturated heterocycles. The first-order valence-corrected chi connectivity index (χ1v) is 19.8. The molecule has 1 aliphatic heterocycles. The van der Waals surface area contributed by atoms with Crippen molar-refractivity contribution in [1.82, 2.24) is 20.2 Å². The summed E-state index contributed by atoms with van der Waals surface area (Å²) in [5.74, 6) is -1.09. The molecule has 0 spiro atoms. The predicted octanol–water partition coefficient (Wildman–Crippen LogP) is 8.27. The fraction of sp³-hybridized carbons (Fsp3) is 0.391. The summed E-state index contributed by atoms with van der Waals surface area (Å²) < 4.78 is 19.7. The van der Waals surface area contributed by atoms with Crippen molar-refractivity contribution in [2.24, 2.45) is 5.92 Å². The smallest absolute Gasteiger partial charge is 0.408 e. The van der Waals surface area contributed by atoms with Crippen LogP contribution in [0.1, 0.15) is 75.4 Å². The summed E-state index contributed by atoms with van der Waals surface area (Å²) >= 11 is 0. The summed E-state index contributed by atoms with van der Waals surface area (Å²) in [6.07, 6.45) is 3.68. The summed E-state index contributed by atoms with van der Waals surface area (Å²) in [4.78, 5) is 43.0. The second-order valence-electron chi connectivity index (χ2n) is 15.4. The van der Waals surface area contributed by atoms with Gasteiger partial charge in [0.1, 0.15) is 18.2 Å². The van der Waals surface area contributed by atoms with Gasteiger partial charge in [-0.3, -0.25) is 9.78 Å². The van der Waals surface area contributed by atoms with Crippen LogP contribution >= 0.6 is 0 Å². The lowest BCUT2D eigenvalue weighted by Crippen LogP contribution is -2.42. The van der Waals surface area contributed by atoms with Gasteiger partial charge < -0.3 is 34.5 Å². The van der Waals surface area contributed by atoms with Gasteiger partial charge in [0.05, 0.1) is 17.5 Å². The number of amides is 1. The van der Waals surface area contributed by atoms with E-state index in [0.29, 0.717) is 19.4 Å². The van der Waals surface area contributed by atoms with Gasteiger partial charge in [0, 0.05) is 55.6 Å². The van der Waals surface area contributed by atoms with Crippen LogP contribution in [0.5, 0.6) is 0 Å². The molecule has 5 aromatic rings. The molecule has 1 aliphatic rings. The number of carbonyl (C=O) groups is 3. The normalized spacial score (nSPS) is 15.5. The lowest BCUT2D eigenvalue weighted by atomic mass is 9.91. The van der Waals surface area contributed by atoms with Crippen molar-refractivity contribution in [3.8, 4) is 22.4 Å². The quantitative estimate of drug-likeness (QED) is 0.0845. The fourth-order valence-corrected chi connectivity index (χ4v) is 7.84. The highest BCUT2D eigenvalue weighted by atomic mass is 16.6. The zero-order valence-corrected chi connectivity index (χ0v) is 33.5. The van der Waals surface area contributed by atoms with Crippen LogP contribution in [0.25, 0.3) is 33.3 Å². The third-order valence-electron chi connectivity index (χ3n) is 10.7. The number of hydrogen-bond acceptors (Lipinski definition) is 8. The Morgan fingerprint density at radius 3 is 2.49 bits per heavy atom. The van der Waals surface area contributed by atoms with Gasteiger partial charge in [0.2, 0.25) is 0 Å². The highest BCUT2D eigenvalue weighted by molar-refractivity contribution is 5.95. The highest BCUT2D eigenvalue weighted by Crippen LogP contribution is 2.41. The molecule has 1 fully saturated rings. The number of carbonyl (C=O) groups excluding carboxylic acids is 2. The van der Waals surface area contributed by atoms with Gasteiger partial charge in [-0.25, -0.2) is 9.59 Å². The van der Waals surface area contributed by atoms with Crippen LogP contribution in [0.3, 0.4) is 0 Å². The first-order chi connectivity index (χ1) is 27.5. The first kappa shape index (κ1) is 41.1. The van der Waals surface area contributed by atoms with Gasteiger partial charge in [-0.2, -0.15) is 0 Å². The second-order valence-corrected chi connectivity index (χ2v) is 15.4. The average Bonchev–Trinajstić information content (AvgIpc) is 3.51. The van der Waals surface area contributed by atoms with Crippen LogP contribution in [-0.4, -0.2) is 64.5 Å². The molecule has 11 nitrogen and oxygen atoms in total. The Kier molecular flexibility index (Phi) is 13.4. The molecule has 300 valence electrons. The maximum atomic E-state index is 13.4. The lowest BCUT2D eigenvalue weighted by Gasteiger charge is -2.28. The van der Waals surface area contributed by atoms with E-state index in [2.05, 4.69) is 46.4 Å². The van der Waals surface area contributed by atoms with Crippen molar-refractivity contribution in [2.75, 3.05) is 20.2 Å². The maximum absolute atomic E-state index is 13.4. The number of nitrogens with zero attached hydrogens (tertiary/aromatic N) is 2. The van der Waals surface area contributed by atoms with E-state index in [0.717, 1.165) is 81.6 Å². The zero-order chi connectivity index (χ0) is 40.5. The third-order valence-corrected chi connectivity index (χ3v) is 10.7. The van der Waals surface area contributed by atoms with E-state index in [-0.39, 0.29) is 31.0 Å². The topological polar surface area (TPSA) is 141 Å². The highest BCUT2D eigenvalue weighted by Gasteiger charge is 2.31. The minimum atomic E-state index is -1.19. The minimum Gasteiger partial charge on any atom is -0.480 e. The molecule has 6 rings (SSSR count). The molecular weight excluding hydrogens is 721 g/mol. The fourth-order valence-electron chi connectivity index (χ4n) is 7.84. The van der Waals surface area contributed by atoms with Crippen molar-refractivity contribution in [2.45, 2.75) is 90.7 Å². The van der Waals surface area contributed by atoms with Crippen LogP contribution in [0.15, 0.2) is 91.1 Å². The summed E-state index contributed by atoms with van der Waals surface area (Å²) in [7, 11) is 1.68. The molecular formula is C46H54N4O7. The Balaban J connectivity index is 1.34. The molecule has 2 aromatic heterocycles. The van der Waals surface area contributed by atoms with E-state index in [1.807, 2.05) is 81.4 Å². The number of carboxylic acids is 1. The molecule has 3 aromatic carbocycles. The number of esters is 1. The van der Waals surface area contributed by atoms with Gasteiger partial charge in [0.25, 0.3) is 0 Å². The molecule has 0 aliphatic carbocycles. The van der Waals surface area contributed by atoms with Gasteiger partial charge in [-0.1, -0.05) is 60.7 Å². The van der Waals surface area contributed by atoms with E-state index in [1.165, 1.54) is 0 Å². The number of fused-ring (bicyclic) bond motifs is 1. The largest absolute Gasteiger partial charge is 0.480 e. The van der Waals surface area contributed by atoms with E-state index in [4.69, 9.17) is 19.2 Å². The number of aryl methyl sites for hydroxylation is 1. The third kappa shape index (κ3) is 10.3. The van der Waals surface area contributed by atoms with Crippen molar-refractivity contribution in [3.05, 3.63) is 114 Å². The Bertz CT molecular complexity index is 2170. The zero-order valence-electron chi connectivity index (χ0n) is 33.5. The number of aromatic nitrogens is 2. The summed E-state index contributed by atoms with van der Waals surface area (Å²) in [6, 6.07) is 26.1. The monoisotopic (exact) mass is 774 g/mol. The van der Waals surface area contributed by atoms with Gasteiger partial charge in [-0.05, 0) is 112 Å². The second kappa shape index (κ2) is 18.6. The number of benzene rings is 3. The number of methoxy groups -OCH3 is 1. The molecule has 0 radical (unpaired) electrons. The number of alkyl carbamates (subject to hydrolysis) is 1. The number of rotatable bonds is 16. The van der Waals surface area contributed by atoms with E-state index in [9.17, 15) is 19.5 Å². The predicted molar refractivity (Wildman–Crippen MR) is 221 cm³/mol. The summed E-state index contributed by atoms with van der Waals surface area (Å²) in [5, 5.41) is 17.0. The first-order valence-electron chi connectivity index (χ1n) is 19.8. The number of pyridine rings is 1. The molecule has 0 bridgehead atoms. The van der Waals surface area contributed by atoms with E-state index >= 15 is 0 Å². The molecule has 0 saturated carbocycles. The molecule has 3 atom stereocenters. The van der Waals surface area contributed by atoms with Crippen LogP contribution in [0.4, 0.5) is 4.79 Å². The molecule has 0 unspecified atom stereocenters. The number of aliphatic carboxylic acids is 1. The van der Waals surface area contributed by atoms with E-state index in [1.54, 1.807) is 13.3 Å². The number of ether oxygens (including phenoxy) is 3. The SMILES string of the molecule is CCn1c(-c2cccnc2[C@H](C)OC)c(CC(C)(C)OC(=O)C[C@H]2CCCNC2)c2cc(-c3cccc(C[C@H](NC(=O)OCc4ccccc4)C(=O)O)c3)ccc21. The van der Waals surface area contributed by atoms with Crippen molar-refractivity contribution in [3.63, 3.8) is 0 Å². The molecule has 3 heterocycles. The van der Waals surface area contributed by atoms with Crippen LogP contribution in [0, 0.1) is 5.92 Å². The Morgan fingerprint density at radius 1 is 1.00 bits per heavy atom. The van der Waals surface area contributed by atoms with Crippen LogP contribution in [-0.2, 0) is 49.8 Å². The molecule has 3 N–H and O–H groups in total. The maximum Gasteiger partial charge on any atom is 0.408 e. The molecule has 57 heavy (non-hydrogen) atoms. The number of carboxylic acid groups (broad SMARTS) is 1. The van der Waals surface area contributed by atoms with Gasteiger partial charge >= 0.3 is 18.0 Å². The number of hydrogen-bond donors (Lipinski definition) is 3. The van der Waals surface area contributed by atoms with Gasteiger partial charge in [-0.15, -0.1) is 0 Å². The number of piperidine rings is 1. The molecule has 11 heteroatoms. The Morgan fingerprint density at radius 2 is 1.77 bits per heavy atom. The van der Waals surface area contributed by atoms with Crippen LogP contribution in [0.2, 0.25) is 0 Å². The Labute approximate surface area is 334 Å². The number of nitrogens with one attached hydrogen (secondary N) is 2. The van der Waals surface area contributed by atoms with Gasteiger partial charge in [0.15, 0.2) is 0 Å². The molecule has 1 amide bonds. The van der Waals surface area contributed by atoms with Crippen molar-refractivity contribution >= 4 is 28.9 Å². The summed E-state index contributed by atoms with van der Waals surface area (Å²) in [6.45, 7) is 10.6. The Hall–Kier alpha value is -5.52. The van der Waals surface area contributed by atoms with Crippen molar-refractivity contribution < 1.29 is 33.7 Å². The van der Waals surface area contributed by atoms with E-state index < -0.39 is 23.7 Å². The average molecular weight is 775 g/mol. The minimum absolute atomic E-state index is 0.0335. The van der Waals surface area contributed by atoms with Crippen molar-refractivity contribution in [1.29, 1.82) is 0 Å². The lowest BCUT2D eigenvalue weighted by molar-refractivity contribution is -0.157.